The van der Waals surface area contributed by atoms with Crippen molar-refractivity contribution in [2.45, 2.75) is 25.8 Å². The summed E-state index contributed by atoms with van der Waals surface area (Å²) in [7, 11) is 2.12. The van der Waals surface area contributed by atoms with Gasteiger partial charge in [-0.15, -0.1) is 11.3 Å². The van der Waals surface area contributed by atoms with Gasteiger partial charge < -0.3 is 15.1 Å². The molecule has 0 bridgehead atoms. The van der Waals surface area contributed by atoms with E-state index in [2.05, 4.69) is 42.1 Å². The molecular formula is C23H25N7OS. The number of piperazine rings is 1. The van der Waals surface area contributed by atoms with Gasteiger partial charge in [-0.3, -0.25) is 9.79 Å². The number of carbonyl (C=O) groups is 1. The van der Waals surface area contributed by atoms with Gasteiger partial charge in [0, 0.05) is 60.5 Å². The maximum atomic E-state index is 13.1. The van der Waals surface area contributed by atoms with E-state index in [4.69, 9.17) is 0 Å². The van der Waals surface area contributed by atoms with Crippen molar-refractivity contribution in [3.05, 3.63) is 40.2 Å². The first-order chi connectivity index (χ1) is 15.7. The molecule has 1 aliphatic carbocycles. The number of anilines is 2. The number of nitrogens with zero attached hydrogens (tertiary/aromatic N) is 6. The fourth-order valence-corrected chi connectivity index (χ4v) is 6.15. The van der Waals surface area contributed by atoms with E-state index in [1.165, 1.54) is 10.4 Å². The van der Waals surface area contributed by atoms with Crippen LogP contribution in [-0.2, 0) is 24.2 Å². The van der Waals surface area contributed by atoms with Crippen molar-refractivity contribution in [1.82, 2.24) is 24.8 Å². The third-order valence-corrected chi connectivity index (χ3v) is 7.93. The quantitative estimate of drug-likeness (QED) is 0.664. The van der Waals surface area contributed by atoms with E-state index in [0.29, 0.717) is 12.5 Å². The fourth-order valence-electron chi connectivity index (χ4n) is 4.88. The molecule has 3 aliphatic rings. The lowest BCUT2D eigenvalue weighted by Gasteiger charge is -2.35. The second-order valence-electron chi connectivity index (χ2n) is 8.84. The van der Waals surface area contributed by atoms with Crippen molar-refractivity contribution in [2.75, 3.05) is 38.5 Å². The molecule has 9 heteroatoms. The zero-order valence-corrected chi connectivity index (χ0v) is 18.9. The molecule has 5 heterocycles. The minimum atomic E-state index is 0.0704. The number of aliphatic imine (C=N–C) groups is 1. The van der Waals surface area contributed by atoms with Crippen molar-refractivity contribution in [3.8, 4) is 0 Å². The Morgan fingerprint density at radius 3 is 2.94 bits per heavy atom. The topological polar surface area (TPSA) is 86.6 Å². The van der Waals surface area contributed by atoms with Crippen LogP contribution in [0.4, 0.5) is 11.6 Å². The van der Waals surface area contributed by atoms with E-state index in [0.717, 1.165) is 78.4 Å². The highest BCUT2D eigenvalue weighted by Crippen LogP contribution is 2.40. The first kappa shape index (κ1) is 19.8. The number of carbonyl (C=O) groups excluding carboxylic acids is 1. The number of likely N-dealkylation sites (N-methyl/N-ethyl adjacent to an activating group) is 1. The van der Waals surface area contributed by atoms with Crippen molar-refractivity contribution < 1.29 is 4.79 Å². The first-order valence-electron chi connectivity index (χ1n) is 11.1. The van der Waals surface area contributed by atoms with Crippen LogP contribution in [0.2, 0.25) is 0 Å². The van der Waals surface area contributed by atoms with Gasteiger partial charge in [-0.25, -0.2) is 15.0 Å². The van der Waals surface area contributed by atoms with E-state index < -0.39 is 0 Å². The molecule has 1 atom stereocenters. The van der Waals surface area contributed by atoms with Gasteiger partial charge in [-0.05, 0) is 37.9 Å². The molecule has 1 saturated heterocycles. The lowest BCUT2D eigenvalue weighted by molar-refractivity contribution is -0.137. The molecule has 164 valence electrons. The minimum Gasteiger partial charge on any atom is -0.340 e. The van der Waals surface area contributed by atoms with Crippen LogP contribution < -0.4 is 5.32 Å². The number of nitrogens with one attached hydrogen (secondary N) is 1. The van der Waals surface area contributed by atoms with Crippen LogP contribution >= 0.6 is 11.3 Å². The highest BCUT2D eigenvalue weighted by molar-refractivity contribution is 7.19. The molecule has 6 rings (SSSR count). The third kappa shape index (κ3) is 3.45. The molecule has 8 nitrogen and oxygen atoms in total. The van der Waals surface area contributed by atoms with E-state index in [1.54, 1.807) is 17.7 Å². The number of fused-ring (bicyclic) bond motifs is 4. The van der Waals surface area contributed by atoms with Gasteiger partial charge in [-0.1, -0.05) is 0 Å². The van der Waals surface area contributed by atoms with E-state index in [9.17, 15) is 4.79 Å². The number of aryl methyl sites for hydroxylation is 1. The van der Waals surface area contributed by atoms with Crippen molar-refractivity contribution in [2.24, 2.45) is 10.9 Å². The lowest BCUT2D eigenvalue weighted by atomic mass is 9.86. The summed E-state index contributed by atoms with van der Waals surface area (Å²) in [6.45, 7) is 4.29. The van der Waals surface area contributed by atoms with Crippen molar-refractivity contribution >= 4 is 45.3 Å². The van der Waals surface area contributed by atoms with Gasteiger partial charge in [0.05, 0.1) is 11.9 Å². The highest BCUT2D eigenvalue weighted by atomic mass is 32.1. The third-order valence-electron chi connectivity index (χ3n) is 6.77. The van der Waals surface area contributed by atoms with Crippen LogP contribution in [0.1, 0.15) is 28.0 Å². The summed E-state index contributed by atoms with van der Waals surface area (Å²) >= 11 is 1.70. The monoisotopic (exact) mass is 447 g/mol. The smallest absolute Gasteiger partial charge is 0.226 e. The zero-order valence-electron chi connectivity index (χ0n) is 18.0. The molecule has 0 radical (unpaired) electrons. The minimum absolute atomic E-state index is 0.0704. The Bertz CT molecular complexity index is 1230. The molecule has 1 N–H and O–H groups in total. The molecule has 32 heavy (non-hydrogen) atoms. The summed E-state index contributed by atoms with van der Waals surface area (Å²) in [5.41, 5.74) is 3.54. The Balaban J connectivity index is 1.26. The maximum Gasteiger partial charge on any atom is 0.226 e. The number of hydrogen-bond donors (Lipinski definition) is 1. The largest absolute Gasteiger partial charge is 0.340 e. The van der Waals surface area contributed by atoms with Crippen LogP contribution in [-0.4, -0.2) is 70.1 Å². The van der Waals surface area contributed by atoms with Crippen LogP contribution in [0.5, 0.6) is 0 Å². The Morgan fingerprint density at radius 1 is 1.19 bits per heavy atom. The summed E-state index contributed by atoms with van der Waals surface area (Å²) in [6, 6.07) is 2.02. The van der Waals surface area contributed by atoms with Crippen LogP contribution in [0, 0.1) is 5.92 Å². The van der Waals surface area contributed by atoms with Crippen molar-refractivity contribution in [3.63, 3.8) is 0 Å². The predicted molar refractivity (Wildman–Crippen MR) is 126 cm³/mol. The second-order valence-corrected chi connectivity index (χ2v) is 9.92. The lowest BCUT2D eigenvalue weighted by Crippen LogP contribution is -2.49. The van der Waals surface area contributed by atoms with Crippen LogP contribution in [0.25, 0.3) is 10.2 Å². The molecule has 1 amide bonds. The van der Waals surface area contributed by atoms with Gasteiger partial charge in [0.25, 0.3) is 0 Å². The van der Waals surface area contributed by atoms with E-state index in [1.807, 2.05) is 18.5 Å². The second kappa shape index (κ2) is 7.90. The van der Waals surface area contributed by atoms with Crippen LogP contribution in [0.3, 0.4) is 0 Å². The first-order valence-corrected chi connectivity index (χ1v) is 12.0. The Morgan fingerprint density at radius 2 is 2.06 bits per heavy atom. The number of hydrogen-bond acceptors (Lipinski definition) is 8. The summed E-state index contributed by atoms with van der Waals surface area (Å²) in [6.07, 6.45) is 7.93. The normalized spacial score (nSPS) is 20.4. The number of thiophene rings is 1. The zero-order chi connectivity index (χ0) is 21.7. The molecule has 2 aliphatic heterocycles. The van der Waals surface area contributed by atoms with Gasteiger partial charge >= 0.3 is 0 Å². The fraction of sp³-hybridized carbons (Fsp3) is 0.435. The molecule has 1 fully saturated rings. The highest BCUT2D eigenvalue weighted by Gasteiger charge is 2.32. The summed E-state index contributed by atoms with van der Waals surface area (Å²) in [4.78, 5) is 37.7. The Hall–Kier alpha value is -2.91. The molecule has 3 aromatic heterocycles. The molecule has 0 spiro atoms. The number of aromatic nitrogens is 3. The number of pyridine rings is 1. The summed E-state index contributed by atoms with van der Waals surface area (Å²) in [5, 5.41) is 4.48. The molecule has 0 saturated carbocycles. The number of amides is 1. The molecular weight excluding hydrogens is 422 g/mol. The predicted octanol–water partition coefficient (Wildman–Crippen LogP) is 2.64. The van der Waals surface area contributed by atoms with Gasteiger partial charge in [0.15, 0.2) is 0 Å². The average Bonchev–Trinajstić information content (AvgIpc) is 3.43. The van der Waals surface area contributed by atoms with Gasteiger partial charge in [0.2, 0.25) is 5.91 Å². The SMILES string of the molecule is CN1CCN(C(=O)C2CCc3c(sc4ncnc(Nc5cc6c(cn5)CN=C6)c34)C2)CC1. The molecule has 1 unspecified atom stereocenters. The Kier molecular flexibility index (Phi) is 4.87. The van der Waals surface area contributed by atoms with Crippen molar-refractivity contribution in [1.29, 1.82) is 0 Å². The standard InChI is InChI=1S/C23H25N7OS/c1-29-4-6-30(7-5-29)23(31)14-2-3-17-18(8-14)32-22-20(17)21(26-13-27-22)28-19-9-15-10-24-11-16(15)12-25-19/h9-10,12-14H,2-8,11H2,1H3,(H,25,26,27,28). The average molecular weight is 448 g/mol. The summed E-state index contributed by atoms with van der Waals surface area (Å²) in [5.74, 6) is 1.94. The molecule has 0 aromatic carbocycles. The van der Waals surface area contributed by atoms with Crippen LogP contribution in [0.15, 0.2) is 23.6 Å². The molecule has 3 aromatic rings. The van der Waals surface area contributed by atoms with E-state index >= 15 is 0 Å². The maximum absolute atomic E-state index is 13.1. The summed E-state index contributed by atoms with van der Waals surface area (Å²) < 4.78 is 0. The van der Waals surface area contributed by atoms with E-state index in [-0.39, 0.29) is 5.92 Å². The number of rotatable bonds is 3. The Labute approximate surface area is 190 Å². The van der Waals surface area contributed by atoms with Gasteiger partial charge in [-0.2, -0.15) is 0 Å². The van der Waals surface area contributed by atoms with Gasteiger partial charge in [0.1, 0.15) is 22.8 Å².